The number of carbonyl (C=O) groups is 2. The third-order valence-electron chi connectivity index (χ3n) is 2.25. The average molecular weight is 227 g/mol. The standard InChI is InChI=1S/C11H17NO4/c1-5-7-6-12(8(7)9(13)14)10(15)16-11(2,3)4/h5,8H,6H2,1-4H3,(H,13,14). The van der Waals surface area contributed by atoms with Gasteiger partial charge in [-0.3, -0.25) is 4.90 Å². The van der Waals surface area contributed by atoms with Gasteiger partial charge < -0.3 is 9.84 Å². The van der Waals surface area contributed by atoms with Crippen LogP contribution < -0.4 is 0 Å². The van der Waals surface area contributed by atoms with Crippen molar-refractivity contribution in [3.8, 4) is 0 Å². The molecular weight excluding hydrogens is 210 g/mol. The van der Waals surface area contributed by atoms with Crippen LogP contribution in [0.4, 0.5) is 4.79 Å². The molecule has 1 amide bonds. The Kier molecular flexibility index (Phi) is 3.26. The average Bonchev–Trinajstić information content (AvgIpc) is 1.97. The molecular formula is C11H17NO4. The van der Waals surface area contributed by atoms with Crippen LogP contribution in [0.15, 0.2) is 11.6 Å². The van der Waals surface area contributed by atoms with E-state index in [0.29, 0.717) is 6.54 Å². The summed E-state index contributed by atoms with van der Waals surface area (Å²) in [6.45, 7) is 7.34. The number of carboxylic acids is 1. The number of carboxylic acid groups (broad SMARTS) is 1. The predicted octanol–water partition coefficient (Wildman–Crippen LogP) is 1.64. The van der Waals surface area contributed by atoms with Crippen LogP contribution in [0.25, 0.3) is 0 Å². The molecule has 1 aliphatic heterocycles. The Hall–Kier alpha value is -1.52. The fraction of sp³-hybridized carbons (Fsp3) is 0.636. The minimum absolute atomic E-state index is 0.336. The third kappa shape index (κ3) is 2.53. The van der Waals surface area contributed by atoms with E-state index in [9.17, 15) is 9.59 Å². The van der Waals surface area contributed by atoms with Crippen molar-refractivity contribution < 1.29 is 19.4 Å². The molecule has 0 saturated carbocycles. The highest BCUT2D eigenvalue weighted by molar-refractivity contribution is 5.86. The Balaban J connectivity index is 2.70. The number of ether oxygens (including phenoxy) is 1. The molecule has 1 aliphatic rings. The summed E-state index contributed by atoms with van der Waals surface area (Å²) in [6.07, 6.45) is 1.14. The van der Waals surface area contributed by atoms with Crippen molar-refractivity contribution in [1.82, 2.24) is 4.90 Å². The van der Waals surface area contributed by atoms with Crippen LogP contribution in [0.2, 0.25) is 0 Å². The molecule has 90 valence electrons. The van der Waals surface area contributed by atoms with E-state index >= 15 is 0 Å². The van der Waals surface area contributed by atoms with Gasteiger partial charge in [0.1, 0.15) is 5.60 Å². The van der Waals surface area contributed by atoms with E-state index in [0.717, 1.165) is 5.57 Å². The minimum Gasteiger partial charge on any atom is -0.479 e. The lowest BCUT2D eigenvalue weighted by molar-refractivity contribution is -0.144. The van der Waals surface area contributed by atoms with E-state index in [1.807, 2.05) is 0 Å². The summed E-state index contributed by atoms with van der Waals surface area (Å²) in [4.78, 5) is 23.8. The van der Waals surface area contributed by atoms with Crippen LogP contribution in [-0.4, -0.2) is 40.3 Å². The zero-order valence-corrected chi connectivity index (χ0v) is 9.98. The lowest BCUT2D eigenvalue weighted by Gasteiger charge is -2.41. The zero-order valence-electron chi connectivity index (χ0n) is 9.98. The normalized spacial score (nSPS) is 22.9. The van der Waals surface area contributed by atoms with Crippen LogP contribution >= 0.6 is 0 Å². The topological polar surface area (TPSA) is 66.8 Å². The number of hydrogen-bond donors (Lipinski definition) is 1. The highest BCUT2D eigenvalue weighted by atomic mass is 16.6. The fourth-order valence-electron chi connectivity index (χ4n) is 1.49. The van der Waals surface area contributed by atoms with Crippen molar-refractivity contribution in [2.24, 2.45) is 0 Å². The quantitative estimate of drug-likeness (QED) is 0.691. The number of aliphatic carboxylic acids is 1. The van der Waals surface area contributed by atoms with E-state index < -0.39 is 23.7 Å². The number of carbonyl (C=O) groups excluding carboxylic acids is 1. The molecule has 0 radical (unpaired) electrons. The lowest BCUT2D eigenvalue weighted by atomic mass is 9.96. The first-order chi connectivity index (χ1) is 7.26. The predicted molar refractivity (Wildman–Crippen MR) is 58.1 cm³/mol. The molecule has 0 bridgehead atoms. The maximum Gasteiger partial charge on any atom is 0.411 e. The van der Waals surface area contributed by atoms with Gasteiger partial charge in [0.15, 0.2) is 6.04 Å². The van der Waals surface area contributed by atoms with Gasteiger partial charge in [0.2, 0.25) is 0 Å². The number of allylic oxidation sites excluding steroid dienone is 1. The van der Waals surface area contributed by atoms with Crippen molar-refractivity contribution in [3.05, 3.63) is 11.6 Å². The molecule has 0 spiro atoms. The van der Waals surface area contributed by atoms with Crippen LogP contribution in [-0.2, 0) is 9.53 Å². The number of rotatable bonds is 1. The highest BCUT2D eigenvalue weighted by Crippen LogP contribution is 2.26. The van der Waals surface area contributed by atoms with Crippen LogP contribution in [0, 0.1) is 0 Å². The fourth-order valence-corrected chi connectivity index (χ4v) is 1.49. The number of hydrogen-bond acceptors (Lipinski definition) is 3. The summed E-state index contributed by atoms with van der Waals surface area (Å²) in [5.41, 5.74) is 0.129. The Morgan fingerprint density at radius 1 is 1.50 bits per heavy atom. The monoisotopic (exact) mass is 227 g/mol. The molecule has 0 aromatic carbocycles. The van der Waals surface area contributed by atoms with Crippen LogP contribution in [0.3, 0.4) is 0 Å². The molecule has 0 aromatic rings. The molecule has 1 N–H and O–H groups in total. The molecule has 1 atom stereocenters. The van der Waals surface area contributed by atoms with Crippen molar-refractivity contribution in [2.75, 3.05) is 6.54 Å². The number of amides is 1. The molecule has 1 heterocycles. The summed E-state index contributed by atoms with van der Waals surface area (Å²) in [5.74, 6) is -1.02. The van der Waals surface area contributed by atoms with Crippen molar-refractivity contribution in [1.29, 1.82) is 0 Å². The van der Waals surface area contributed by atoms with Gasteiger partial charge >= 0.3 is 12.1 Å². The van der Waals surface area contributed by atoms with Gasteiger partial charge in [0.05, 0.1) is 0 Å². The third-order valence-corrected chi connectivity index (χ3v) is 2.25. The summed E-state index contributed by atoms with van der Waals surface area (Å²) >= 11 is 0. The van der Waals surface area contributed by atoms with Crippen LogP contribution in [0.1, 0.15) is 27.7 Å². The molecule has 5 heteroatoms. The molecule has 0 aliphatic carbocycles. The lowest BCUT2D eigenvalue weighted by Crippen LogP contribution is -2.58. The van der Waals surface area contributed by atoms with Crippen molar-refractivity contribution in [2.45, 2.75) is 39.3 Å². The van der Waals surface area contributed by atoms with Gasteiger partial charge in [-0.1, -0.05) is 6.08 Å². The molecule has 1 unspecified atom stereocenters. The Labute approximate surface area is 94.7 Å². The second-order valence-corrected chi connectivity index (χ2v) is 4.71. The van der Waals surface area contributed by atoms with E-state index in [-0.39, 0.29) is 0 Å². The molecule has 1 fully saturated rings. The second-order valence-electron chi connectivity index (χ2n) is 4.71. The summed E-state index contributed by atoms with van der Waals surface area (Å²) in [5, 5.41) is 8.96. The maximum absolute atomic E-state index is 11.6. The molecule has 5 nitrogen and oxygen atoms in total. The minimum atomic E-state index is -1.02. The molecule has 1 saturated heterocycles. The SMILES string of the molecule is CC=C1CN(C(=O)OC(C)(C)C)C1C(=O)O. The number of likely N-dealkylation sites (tertiary alicyclic amines) is 1. The largest absolute Gasteiger partial charge is 0.479 e. The molecule has 0 aromatic heterocycles. The maximum atomic E-state index is 11.6. The van der Waals surface area contributed by atoms with E-state index in [4.69, 9.17) is 9.84 Å². The van der Waals surface area contributed by atoms with E-state index in [1.54, 1.807) is 33.8 Å². The van der Waals surface area contributed by atoms with Gasteiger partial charge in [0.25, 0.3) is 0 Å². The Bertz CT molecular complexity index is 340. The van der Waals surface area contributed by atoms with Gasteiger partial charge in [0, 0.05) is 6.54 Å². The van der Waals surface area contributed by atoms with Crippen molar-refractivity contribution >= 4 is 12.1 Å². The summed E-state index contributed by atoms with van der Waals surface area (Å²) in [6, 6.07) is -0.861. The molecule has 16 heavy (non-hydrogen) atoms. The molecule has 1 rings (SSSR count). The Morgan fingerprint density at radius 2 is 2.06 bits per heavy atom. The first kappa shape index (κ1) is 12.5. The van der Waals surface area contributed by atoms with Gasteiger partial charge in [-0.15, -0.1) is 0 Å². The van der Waals surface area contributed by atoms with Crippen molar-refractivity contribution in [3.63, 3.8) is 0 Å². The second kappa shape index (κ2) is 4.15. The summed E-state index contributed by atoms with van der Waals surface area (Å²) < 4.78 is 5.11. The van der Waals surface area contributed by atoms with E-state index in [1.165, 1.54) is 4.90 Å². The first-order valence-corrected chi connectivity index (χ1v) is 5.14. The van der Waals surface area contributed by atoms with E-state index in [2.05, 4.69) is 0 Å². The highest BCUT2D eigenvalue weighted by Gasteiger charge is 2.43. The first-order valence-electron chi connectivity index (χ1n) is 5.14. The Morgan fingerprint density at radius 3 is 2.44 bits per heavy atom. The van der Waals surface area contributed by atoms with Gasteiger partial charge in [-0.25, -0.2) is 9.59 Å². The number of nitrogens with zero attached hydrogens (tertiary/aromatic N) is 1. The van der Waals surface area contributed by atoms with Crippen LogP contribution in [0.5, 0.6) is 0 Å². The van der Waals surface area contributed by atoms with Gasteiger partial charge in [-0.2, -0.15) is 0 Å². The summed E-state index contributed by atoms with van der Waals surface area (Å²) in [7, 11) is 0. The zero-order chi connectivity index (χ0) is 12.5. The van der Waals surface area contributed by atoms with Gasteiger partial charge in [-0.05, 0) is 33.3 Å². The smallest absolute Gasteiger partial charge is 0.411 e.